The van der Waals surface area contributed by atoms with Crippen LogP contribution in [0.5, 0.6) is 0 Å². The van der Waals surface area contributed by atoms with E-state index in [4.69, 9.17) is 15.2 Å². The lowest BCUT2D eigenvalue weighted by Crippen LogP contribution is -2.33. The van der Waals surface area contributed by atoms with Crippen LogP contribution in [0.2, 0.25) is 0 Å². The van der Waals surface area contributed by atoms with Crippen molar-refractivity contribution in [1.82, 2.24) is 4.31 Å². The second-order valence-corrected chi connectivity index (χ2v) is 7.69. The van der Waals surface area contributed by atoms with Gasteiger partial charge in [-0.2, -0.15) is 4.31 Å². The Morgan fingerprint density at radius 1 is 0.960 bits per heavy atom. The van der Waals surface area contributed by atoms with Gasteiger partial charge < -0.3 is 15.2 Å². The summed E-state index contributed by atoms with van der Waals surface area (Å²) in [6.45, 7) is 2.45. The summed E-state index contributed by atoms with van der Waals surface area (Å²) in [6.07, 6.45) is 0.668. The number of hydrogen-bond donors (Lipinski definition) is 3. The molecule has 0 heterocycles. The first-order valence-corrected chi connectivity index (χ1v) is 9.47. The lowest BCUT2D eigenvalue weighted by molar-refractivity contribution is 0.282. The smallest absolute Gasteiger partial charge is 0.423 e. The highest BCUT2D eigenvalue weighted by atomic mass is 32.2. The molecule has 0 unspecified atom stereocenters. The molecule has 0 aliphatic rings. The largest absolute Gasteiger partial charge is 0.488 e. The second kappa shape index (κ2) is 8.60. The zero-order valence-electron chi connectivity index (χ0n) is 14.0. The van der Waals surface area contributed by atoms with E-state index < -0.39 is 17.1 Å². The fraction of sp³-hybridized carbons (Fsp3) is 0.294. The Bertz CT molecular complexity index is 776. The van der Waals surface area contributed by atoms with Crippen molar-refractivity contribution in [2.45, 2.75) is 31.4 Å². The van der Waals surface area contributed by atoms with Crippen molar-refractivity contribution < 1.29 is 23.6 Å². The van der Waals surface area contributed by atoms with Crippen LogP contribution in [0, 0.1) is 0 Å². The Hall–Kier alpha value is -1.71. The molecule has 2 aromatic carbocycles. The molecule has 2 rings (SSSR count). The zero-order valence-corrected chi connectivity index (χ0v) is 14.9. The molecule has 134 valence electrons. The summed E-state index contributed by atoms with van der Waals surface area (Å²) < 4.78 is 27.2. The maximum atomic E-state index is 12.9. The van der Waals surface area contributed by atoms with Gasteiger partial charge in [0.15, 0.2) is 0 Å². The first-order valence-electron chi connectivity index (χ1n) is 8.03. The molecular weight excluding hydrogens is 341 g/mol. The first-order chi connectivity index (χ1) is 11.9. The molecule has 0 amide bonds. The lowest BCUT2D eigenvalue weighted by Gasteiger charge is -2.22. The molecule has 2 aromatic rings. The van der Waals surface area contributed by atoms with Gasteiger partial charge in [0, 0.05) is 13.1 Å². The highest BCUT2D eigenvalue weighted by Crippen LogP contribution is 2.18. The number of nitrogens with zero attached hydrogens (tertiary/aromatic N) is 1. The zero-order chi connectivity index (χ0) is 18.4. The molecule has 25 heavy (non-hydrogen) atoms. The molecule has 0 aliphatic heterocycles. The molecule has 0 radical (unpaired) electrons. The Kier molecular flexibility index (Phi) is 6.75. The van der Waals surface area contributed by atoms with Gasteiger partial charge in [0.2, 0.25) is 10.0 Å². The fourth-order valence-electron chi connectivity index (χ4n) is 2.45. The molecule has 0 aromatic heterocycles. The van der Waals surface area contributed by atoms with E-state index in [0.717, 1.165) is 11.1 Å². The summed E-state index contributed by atoms with van der Waals surface area (Å²) in [4.78, 5) is 0.109. The molecular formula is C17H22BNO5S. The van der Waals surface area contributed by atoms with Crippen LogP contribution in [-0.2, 0) is 23.2 Å². The van der Waals surface area contributed by atoms with Crippen LogP contribution < -0.4 is 5.46 Å². The lowest BCUT2D eigenvalue weighted by atomic mass is 9.81. The molecule has 0 bridgehead atoms. The van der Waals surface area contributed by atoms with Gasteiger partial charge in [-0.05, 0) is 35.1 Å². The molecule has 0 aliphatic carbocycles. The predicted molar refractivity (Wildman–Crippen MR) is 96.5 cm³/mol. The van der Waals surface area contributed by atoms with E-state index in [1.54, 1.807) is 24.3 Å². The van der Waals surface area contributed by atoms with Crippen LogP contribution >= 0.6 is 0 Å². The monoisotopic (exact) mass is 363 g/mol. The molecule has 6 nitrogen and oxygen atoms in total. The minimum atomic E-state index is -3.70. The van der Waals surface area contributed by atoms with Gasteiger partial charge in [0.25, 0.3) is 0 Å². The summed E-state index contributed by atoms with van der Waals surface area (Å²) >= 11 is 0. The van der Waals surface area contributed by atoms with Crippen molar-refractivity contribution in [2.75, 3.05) is 6.54 Å². The molecule has 0 spiro atoms. The molecule has 0 saturated heterocycles. The summed E-state index contributed by atoms with van der Waals surface area (Å²) in [5.74, 6) is 0. The van der Waals surface area contributed by atoms with E-state index in [2.05, 4.69) is 0 Å². The molecule has 3 N–H and O–H groups in total. The highest BCUT2D eigenvalue weighted by molar-refractivity contribution is 7.89. The Morgan fingerprint density at radius 2 is 1.52 bits per heavy atom. The average molecular weight is 363 g/mol. The van der Waals surface area contributed by atoms with Gasteiger partial charge in [-0.1, -0.05) is 43.3 Å². The summed E-state index contributed by atoms with van der Waals surface area (Å²) in [5, 5.41) is 27.3. The average Bonchev–Trinajstić information content (AvgIpc) is 2.62. The number of sulfonamides is 1. The number of aliphatic hydroxyl groups excluding tert-OH is 1. The Balaban J connectivity index is 2.26. The van der Waals surface area contributed by atoms with E-state index in [1.165, 1.54) is 28.6 Å². The maximum Gasteiger partial charge on any atom is 0.488 e. The van der Waals surface area contributed by atoms with Crippen molar-refractivity contribution in [1.29, 1.82) is 0 Å². The van der Waals surface area contributed by atoms with E-state index >= 15 is 0 Å². The topological polar surface area (TPSA) is 98.1 Å². The van der Waals surface area contributed by atoms with Crippen LogP contribution in [0.1, 0.15) is 24.5 Å². The van der Waals surface area contributed by atoms with Crippen molar-refractivity contribution in [3.8, 4) is 0 Å². The van der Waals surface area contributed by atoms with Gasteiger partial charge in [-0.25, -0.2) is 8.42 Å². The molecule has 0 fully saturated rings. The minimum Gasteiger partial charge on any atom is -0.423 e. The Morgan fingerprint density at radius 3 is 2.00 bits per heavy atom. The Labute approximate surface area is 148 Å². The standard InChI is InChI=1S/C17H22BNO5S/c1-2-11-19(12-14-3-5-15(13-20)6-4-14)25(23,24)17-9-7-16(8-10-17)18(21)22/h3-10,20-22H,2,11-13H2,1H3. The van der Waals surface area contributed by atoms with Crippen LogP contribution in [-0.4, -0.2) is 41.5 Å². The van der Waals surface area contributed by atoms with Crippen LogP contribution in [0.4, 0.5) is 0 Å². The number of benzene rings is 2. The van der Waals surface area contributed by atoms with E-state index in [9.17, 15) is 8.42 Å². The van der Waals surface area contributed by atoms with Crippen LogP contribution in [0.25, 0.3) is 0 Å². The van der Waals surface area contributed by atoms with E-state index in [0.29, 0.717) is 13.0 Å². The number of aliphatic hydroxyl groups is 1. The van der Waals surface area contributed by atoms with Gasteiger partial charge in [-0.15, -0.1) is 0 Å². The molecule has 0 atom stereocenters. The van der Waals surface area contributed by atoms with Crippen molar-refractivity contribution in [3.63, 3.8) is 0 Å². The summed E-state index contributed by atoms with van der Waals surface area (Å²) in [7, 11) is -5.33. The van der Waals surface area contributed by atoms with Crippen molar-refractivity contribution in [2.24, 2.45) is 0 Å². The number of rotatable bonds is 8. The molecule has 8 heteroatoms. The second-order valence-electron chi connectivity index (χ2n) is 5.76. The van der Waals surface area contributed by atoms with E-state index in [-0.39, 0.29) is 23.5 Å². The van der Waals surface area contributed by atoms with Gasteiger partial charge in [0.1, 0.15) is 0 Å². The minimum absolute atomic E-state index is 0.0552. The van der Waals surface area contributed by atoms with Gasteiger partial charge >= 0.3 is 7.12 Å². The first kappa shape index (κ1) is 19.6. The van der Waals surface area contributed by atoms with Gasteiger partial charge in [0.05, 0.1) is 11.5 Å². The third-order valence-electron chi connectivity index (χ3n) is 3.85. The van der Waals surface area contributed by atoms with Crippen molar-refractivity contribution in [3.05, 3.63) is 59.7 Å². The maximum absolute atomic E-state index is 12.9. The summed E-state index contributed by atoms with van der Waals surface area (Å²) in [5.41, 5.74) is 1.84. The highest BCUT2D eigenvalue weighted by Gasteiger charge is 2.24. The molecule has 0 saturated carbocycles. The van der Waals surface area contributed by atoms with Crippen LogP contribution in [0.15, 0.2) is 53.4 Å². The van der Waals surface area contributed by atoms with Gasteiger partial charge in [-0.3, -0.25) is 0 Å². The normalized spacial score (nSPS) is 11.7. The fourth-order valence-corrected chi connectivity index (χ4v) is 3.97. The van der Waals surface area contributed by atoms with Crippen LogP contribution in [0.3, 0.4) is 0 Å². The number of hydrogen-bond acceptors (Lipinski definition) is 5. The SMILES string of the molecule is CCCN(Cc1ccc(CO)cc1)S(=O)(=O)c1ccc(B(O)O)cc1. The van der Waals surface area contributed by atoms with E-state index in [1.807, 2.05) is 6.92 Å². The predicted octanol–water partition coefficient (Wildman–Crippen LogP) is 0.460. The third-order valence-corrected chi connectivity index (χ3v) is 5.71. The summed E-state index contributed by atoms with van der Waals surface area (Å²) in [6, 6.07) is 12.7. The van der Waals surface area contributed by atoms with Crippen molar-refractivity contribution >= 4 is 22.6 Å². The quantitative estimate of drug-likeness (QED) is 0.592. The third kappa shape index (κ3) is 4.90.